The molecule has 0 aliphatic heterocycles. The zero-order valence-electron chi connectivity index (χ0n) is 12.0. The van der Waals surface area contributed by atoms with Crippen molar-refractivity contribution in [2.24, 2.45) is 0 Å². The molecule has 1 unspecified atom stereocenters. The van der Waals surface area contributed by atoms with Crippen LogP contribution >= 0.6 is 11.8 Å². The van der Waals surface area contributed by atoms with Crippen molar-refractivity contribution in [1.29, 1.82) is 0 Å². The summed E-state index contributed by atoms with van der Waals surface area (Å²) in [5, 5.41) is 10.8. The van der Waals surface area contributed by atoms with Gasteiger partial charge >= 0.3 is 0 Å². The Morgan fingerprint density at radius 3 is 2.65 bits per heavy atom. The summed E-state index contributed by atoms with van der Waals surface area (Å²) >= 11 is 1.57. The molecule has 2 rings (SSSR count). The number of nitrogens with zero attached hydrogens (tertiary/aromatic N) is 2. The van der Waals surface area contributed by atoms with E-state index in [0.29, 0.717) is 5.69 Å². The summed E-state index contributed by atoms with van der Waals surface area (Å²) in [5.41, 5.74) is 3.46. The van der Waals surface area contributed by atoms with Gasteiger partial charge in [0.25, 0.3) is 0 Å². The SMILES string of the molecule is CSc1ccc(NC(=O)C(C)c2c(C)n[nH]c2C)cn1. The summed E-state index contributed by atoms with van der Waals surface area (Å²) in [5.74, 6) is -0.315. The van der Waals surface area contributed by atoms with Gasteiger partial charge in [-0.25, -0.2) is 4.98 Å². The lowest BCUT2D eigenvalue weighted by molar-refractivity contribution is -0.117. The Labute approximate surface area is 122 Å². The summed E-state index contributed by atoms with van der Waals surface area (Å²) in [6, 6.07) is 3.75. The van der Waals surface area contributed by atoms with Crippen LogP contribution in [0.3, 0.4) is 0 Å². The second-order valence-electron chi connectivity index (χ2n) is 4.65. The second-order valence-corrected chi connectivity index (χ2v) is 5.47. The molecule has 106 valence electrons. The van der Waals surface area contributed by atoms with E-state index in [9.17, 15) is 4.79 Å². The van der Waals surface area contributed by atoms with E-state index in [-0.39, 0.29) is 11.8 Å². The van der Waals surface area contributed by atoms with E-state index in [1.165, 1.54) is 0 Å². The van der Waals surface area contributed by atoms with E-state index in [0.717, 1.165) is 22.0 Å². The fourth-order valence-corrected chi connectivity index (χ4v) is 2.52. The topological polar surface area (TPSA) is 70.7 Å². The molecule has 0 aliphatic carbocycles. The highest BCUT2D eigenvalue weighted by atomic mass is 32.2. The van der Waals surface area contributed by atoms with Gasteiger partial charge in [0.2, 0.25) is 5.91 Å². The van der Waals surface area contributed by atoms with Crippen LogP contribution < -0.4 is 5.32 Å². The average molecular weight is 290 g/mol. The molecular formula is C14H18N4OS. The molecule has 5 nitrogen and oxygen atoms in total. The third kappa shape index (κ3) is 3.01. The van der Waals surface area contributed by atoms with Gasteiger partial charge in [0.15, 0.2) is 0 Å². The molecule has 0 aromatic carbocycles. The Morgan fingerprint density at radius 1 is 1.40 bits per heavy atom. The molecule has 0 fully saturated rings. The van der Waals surface area contributed by atoms with Crippen molar-refractivity contribution in [2.45, 2.75) is 31.7 Å². The summed E-state index contributed by atoms with van der Waals surface area (Å²) in [7, 11) is 0. The highest BCUT2D eigenvalue weighted by molar-refractivity contribution is 7.98. The van der Waals surface area contributed by atoms with Crippen LogP contribution in [-0.2, 0) is 4.79 Å². The molecule has 2 N–H and O–H groups in total. The van der Waals surface area contributed by atoms with Gasteiger partial charge in [-0.3, -0.25) is 9.89 Å². The van der Waals surface area contributed by atoms with E-state index < -0.39 is 0 Å². The van der Waals surface area contributed by atoms with Gasteiger partial charge in [-0.05, 0) is 39.2 Å². The van der Waals surface area contributed by atoms with Crippen LogP contribution in [0, 0.1) is 13.8 Å². The number of aromatic amines is 1. The minimum Gasteiger partial charge on any atom is -0.324 e. The average Bonchev–Trinajstić information content (AvgIpc) is 2.78. The molecular weight excluding hydrogens is 272 g/mol. The first-order valence-electron chi connectivity index (χ1n) is 6.35. The van der Waals surface area contributed by atoms with Gasteiger partial charge in [0, 0.05) is 11.3 Å². The lowest BCUT2D eigenvalue weighted by Gasteiger charge is -2.12. The lowest BCUT2D eigenvalue weighted by atomic mass is 9.98. The molecule has 2 aromatic heterocycles. The monoisotopic (exact) mass is 290 g/mol. The van der Waals surface area contributed by atoms with Crippen LogP contribution in [0.15, 0.2) is 23.4 Å². The number of carbonyl (C=O) groups excluding carboxylic acids is 1. The van der Waals surface area contributed by atoms with Gasteiger partial charge in [-0.2, -0.15) is 5.10 Å². The molecule has 2 aromatic rings. The molecule has 0 aliphatic rings. The standard InChI is InChI=1S/C14H18N4OS/c1-8(13-9(2)17-18-10(13)3)14(19)16-11-5-6-12(20-4)15-7-11/h5-8H,1-4H3,(H,16,19)(H,17,18). The number of anilines is 1. The Morgan fingerprint density at radius 2 is 2.15 bits per heavy atom. The predicted molar refractivity (Wildman–Crippen MR) is 81.1 cm³/mol. The van der Waals surface area contributed by atoms with Crippen molar-refractivity contribution in [3.63, 3.8) is 0 Å². The molecule has 0 radical (unpaired) electrons. The van der Waals surface area contributed by atoms with Crippen LogP contribution in [0.2, 0.25) is 0 Å². The number of rotatable bonds is 4. The first kappa shape index (κ1) is 14.6. The Kier molecular flexibility index (Phi) is 4.44. The number of aryl methyl sites for hydroxylation is 2. The molecule has 6 heteroatoms. The Hall–Kier alpha value is -1.82. The van der Waals surface area contributed by atoms with E-state index in [4.69, 9.17) is 0 Å². The summed E-state index contributed by atoms with van der Waals surface area (Å²) in [6.07, 6.45) is 3.64. The van der Waals surface area contributed by atoms with E-state index in [1.54, 1.807) is 18.0 Å². The van der Waals surface area contributed by atoms with Gasteiger partial charge in [0.05, 0.1) is 28.5 Å². The highest BCUT2D eigenvalue weighted by Crippen LogP contribution is 2.23. The van der Waals surface area contributed by atoms with Crippen LogP contribution in [0.25, 0.3) is 0 Å². The highest BCUT2D eigenvalue weighted by Gasteiger charge is 2.21. The zero-order valence-corrected chi connectivity index (χ0v) is 12.8. The summed E-state index contributed by atoms with van der Waals surface area (Å²) in [6.45, 7) is 5.70. The van der Waals surface area contributed by atoms with Gasteiger partial charge < -0.3 is 5.32 Å². The molecule has 1 amide bonds. The largest absolute Gasteiger partial charge is 0.324 e. The van der Waals surface area contributed by atoms with E-state index in [2.05, 4.69) is 20.5 Å². The number of hydrogen-bond donors (Lipinski definition) is 2. The summed E-state index contributed by atoms with van der Waals surface area (Å²) in [4.78, 5) is 16.5. The molecule has 0 saturated heterocycles. The number of aromatic nitrogens is 3. The molecule has 0 bridgehead atoms. The smallest absolute Gasteiger partial charge is 0.231 e. The lowest BCUT2D eigenvalue weighted by Crippen LogP contribution is -2.19. The Balaban J connectivity index is 2.11. The fourth-order valence-electron chi connectivity index (χ4n) is 2.15. The quantitative estimate of drug-likeness (QED) is 0.849. The van der Waals surface area contributed by atoms with Crippen LogP contribution in [-0.4, -0.2) is 27.3 Å². The van der Waals surface area contributed by atoms with Crippen molar-refractivity contribution >= 4 is 23.4 Å². The van der Waals surface area contributed by atoms with Gasteiger partial charge in [-0.1, -0.05) is 0 Å². The number of nitrogens with one attached hydrogen (secondary N) is 2. The molecule has 2 heterocycles. The minimum atomic E-state index is -0.256. The molecule has 0 saturated carbocycles. The molecule has 1 atom stereocenters. The van der Waals surface area contributed by atoms with Crippen molar-refractivity contribution < 1.29 is 4.79 Å². The molecule has 0 spiro atoms. The first-order valence-corrected chi connectivity index (χ1v) is 7.57. The summed E-state index contributed by atoms with van der Waals surface area (Å²) < 4.78 is 0. The van der Waals surface area contributed by atoms with E-state index in [1.807, 2.05) is 39.2 Å². The maximum atomic E-state index is 12.3. The minimum absolute atomic E-state index is 0.0590. The maximum absolute atomic E-state index is 12.3. The number of pyridine rings is 1. The number of hydrogen-bond acceptors (Lipinski definition) is 4. The van der Waals surface area contributed by atoms with Gasteiger partial charge in [0.1, 0.15) is 0 Å². The van der Waals surface area contributed by atoms with Crippen LogP contribution in [0.4, 0.5) is 5.69 Å². The van der Waals surface area contributed by atoms with Crippen molar-refractivity contribution in [3.8, 4) is 0 Å². The van der Waals surface area contributed by atoms with Crippen molar-refractivity contribution in [3.05, 3.63) is 35.3 Å². The first-order chi connectivity index (χ1) is 9.52. The predicted octanol–water partition coefficient (Wildman–Crippen LogP) is 2.89. The van der Waals surface area contributed by atoms with Crippen LogP contribution in [0.1, 0.15) is 29.8 Å². The zero-order chi connectivity index (χ0) is 14.7. The Bertz CT molecular complexity index is 587. The number of H-pyrrole nitrogens is 1. The van der Waals surface area contributed by atoms with Crippen molar-refractivity contribution in [1.82, 2.24) is 15.2 Å². The fraction of sp³-hybridized carbons (Fsp3) is 0.357. The third-order valence-corrected chi connectivity index (χ3v) is 3.88. The number of carbonyl (C=O) groups is 1. The van der Waals surface area contributed by atoms with Crippen LogP contribution in [0.5, 0.6) is 0 Å². The van der Waals surface area contributed by atoms with E-state index >= 15 is 0 Å². The second kappa shape index (κ2) is 6.09. The van der Waals surface area contributed by atoms with Crippen molar-refractivity contribution in [2.75, 3.05) is 11.6 Å². The number of amides is 1. The maximum Gasteiger partial charge on any atom is 0.231 e. The third-order valence-electron chi connectivity index (χ3n) is 3.22. The number of thioether (sulfide) groups is 1. The molecule has 20 heavy (non-hydrogen) atoms. The normalized spacial score (nSPS) is 12.2. The van der Waals surface area contributed by atoms with Gasteiger partial charge in [-0.15, -0.1) is 11.8 Å².